The van der Waals surface area contributed by atoms with Gasteiger partial charge in [-0.2, -0.15) is 0 Å². The molecule has 2 aliphatic heterocycles. The van der Waals surface area contributed by atoms with Gasteiger partial charge < -0.3 is 14.7 Å². The second kappa shape index (κ2) is 5.86. The summed E-state index contributed by atoms with van der Waals surface area (Å²) in [5, 5.41) is 20.6. The van der Waals surface area contributed by atoms with Gasteiger partial charge in [-0.3, -0.25) is 19.7 Å². The van der Waals surface area contributed by atoms with Gasteiger partial charge in [0.25, 0.3) is 11.6 Å². The predicted molar refractivity (Wildman–Crippen MR) is 82.7 cm³/mol. The molecule has 3 rings (SSSR count). The van der Waals surface area contributed by atoms with E-state index in [1.807, 2.05) is 0 Å². The first kappa shape index (κ1) is 16.4. The molecule has 0 bridgehead atoms. The quantitative estimate of drug-likeness (QED) is 0.662. The Morgan fingerprint density at radius 1 is 1.42 bits per heavy atom. The molecule has 1 aromatic rings. The van der Waals surface area contributed by atoms with Gasteiger partial charge in [0.15, 0.2) is 0 Å². The first-order valence-electron chi connectivity index (χ1n) is 7.70. The lowest BCUT2D eigenvalue weighted by Crippen LogP contribution is -2.45. The monoisotopic (exact) mass is 334 g/mol. The summed E-state index contributed by atoms with van der Waals surface area (Å²) >= 11 is 0. The van der Waals surface area contributed by atoms with Crippen LogP contribution in [0.25, 0.3) is 0 Å². The maximum Gasteiger partial charge on any atom is 0.311 e. The molecule has 0 saturated carbocycles. The van der Waals surface area contributed by atoms with E-state index in [0.29, 0.717) is 25.2 Å². The van der Waals surface area contributed by atoms with Gasteiger partial charge in [0, 0.05) is 43.3 Å². The zero-order chi connectivity index (χ0) is 17.5. The number of nitro benzene ring substituents is 1. The Morgan fingerprint density at radius 2 is 2.17 bits per heavy atom. The van der Waals surface area contributed by atoms with Crippen molar-refractivity contribution in [1.82, 2.24) is 4.90 Å². The number of likely N-dealkylation sites (tertiary alicyclic amines) is 1. The molecule has 2 heterocycles. The molecule has 1 aromatic carbocycles. The van der Waals surface area contributed by atoms with E-state index in [9.17, 15) is 24.8 Å². The molecule has 1 amide bonds. The molecule has 0 radical (unpaired) electrons. The summed E-state index contributed by atoms with van der Waals surface area (Å²) in [5.74, 6) is -1.55. The molecule has 2 fully saturated rings. The summed E-state index contributed by atoms with van der Waals surface area (Å²) in [6.45, 7) is 2.74. The molecule has 2 aliphatic rings. The summed E-state index contributed by atoms with van der Waals surface area (Å²) in [6.07, 6.45) is 0.366. The highest BCUT2D eigenvalue weighted by atomic mass is 16.6. The molecule has 0 aromatic heterocycles. The second-order valence-electron chi connectivity index (χ2n) is 6.48. The average Bonchev–Trinajstić information content (AvgIpc) is 2.94. The predicted octanol–water partition coefficient (Wildman–Crippen LogP) is 1.47. The minimum absolute atomic E-state index is 0.108. The Hall–Kier alpha value is -2.48. The van der Waals surface area contributed by atoms with Crippen LogP contribution >= 0.6 is 0 Å². The number of carboxylic acids is 1. The van der Waals surface area contributed by atoms with Gasteiger partial charge in [-0.1, -0.05) is 0 Å². The lowest BCUT2D eigenvalue weighted by atomic mass is 9.74. The maximum atomic E-state index is 12.8. The number of hydrogen-bond acceptors (Lipinski definition) is 5. The van der Waals surface area contributed by atoms with Crippen LogP contribution in [0.5, 0.6) is 0 Å². The fraction of sp³-hybridized carbons (Fsp3) is 0.500. The number of amides is 1. The number of hydrogen-bond donors (Lipinski definition) is 1. The van der Waals surface area contributed by atoms with Crippen LogP contribution in [0.4, 0.5) is 5.69 Å². The molecule has 8 nitrogen and oxygen atoms in total. The summed E-state index contributed by atoms with van der Waals surface area (Å²) in [6, 6.07) is 4.22. The van der Waals surface area contributed by atoms with Crippen molar-refractivity contribution < 1.29 is 24.4 Å². The minimum atomic E-state index is -0.982. The van der Waals surface area contributed by atoms with Crippen molar-refractivity contribution in [3.8, 4) is 0 Å². The number of non-ortho nitro benzene ring substituents is 1. The van der Waals surface area contributed by atoms with Gasteiger partial charge in [0.05, 0.1) is 16.9 Å². The van der Waals surface area contributed by atoms with Crippen molar-refractivity contribution in [1.29, 1.82) is 0 Å². The highest BCUT2D eigenvalue weighted by Crippen LogP contribution is 2.43. The topological polar surface area (TPSA) is 110 Å². The number of carbonyl (C=O) groups excluding carboxylic acids is 1. The van der Waals surface area contributed by atoms with E-state index in [-0.39, 0.29) is 36.2 Å². The van der Waals surface area contributed by atoms with Gasteiger partial charge in [0.1, 0.15) is 0 Å². The van der Waals surface area contributed by atoms with Gasteiger partial charge in [-0.05, 0) is 25.0 Å². The summed E-state index contributed by atoms with van der Waals surface area (Å²) in [4.78, 5) is 36.4. The molecule has 0 unspecified atom stereocenters. The van der Waals surface area contributed by atoms with Crippen LogP contribution < -0.4 is 0 Å². The number of fused-ring (bicyclic) bond motifs is 1. The van der Waals surface area contributed by atoms with Crippen LogP contribution in [-0.2, 0) is 9.53 Å². The third-order valence-electron chi connectivity index (χ3n) is 4.94. The zero-order valence-corrected chi connectivity index (χ0v) is 13.2. The smallest absolute Gasteiger partial charge is 0.311 e. The number of aliphatic carboxylic acids is 1. The largest absolute Gasteiger partial charge is 0.481 e. The number of ether oxygens (including phenoxy) is 1. The minimum Gasteiger partial charge on any atom is -0.481 e. The average molecular weight is 334 g/mol. The Bertz CT molecular complexity index is 719. The lowest BCUT2D eigenvalue weighted by Gasteiger charge is -2.33. The van der Waals surface area contributed by atoms with E-state index >= 15 is 0 Å². The van der Waals surface area contributed by atoms with E-state index in [1.165, 1.54) is 17.0 Å². The van der Waals surface area contributed by atoms with E-state index in [4.69, 9.17) is 4.74 Å². The number of nitro groups is 1. The van der Waals surface area contributed by atoms with E-state index < -0.39 is 16.3 Å². The van der Waals surface area contributed by atoms with Gasteiger partial charge in [-0.15, -0.1) is 0 Å². The first-order valence-corrected chi connectivity index (χ1v) is 7.70. The SMILES string of the molecule is Cc1cc(C(=O)N2C[C@H]3COCC[C@@]3(C(=O)O)C2)cc([N+](=O)[O-])c1. The van der Waals surface area contributed by atoms with Crippen LogP contribution in [0, 0.1) is 28.4 Å². The van der Waals surface area contributed by atoms with E-state index in [2.05, 4.69) is 0 Å². The first-order chi connectivity index (χ1) is 11.3. The van der Waals surface area contributed by atoms with Crippen molar-refractivity contribution in [2.45, 2.75) is 13.3 Å². The highest BCUT2D eigenvalue weighted by molar-refractivity contribution is 5.96. The molecule has 24 heavy (non-hydrogen) atoms. The fourth-order valence-electron chi connectivity index (χ4n) is 3.63. The van der Waals surface area contributed by atoms with Crippen LogP contribution in [-0.4, -0.2) is 53.1 Å². The van der Waals surface area contributed by atoms with Crippen molar-refractivity contribution in [2.24, 2.45) is 11.3 Å². The van der Waals surface area contributed by atoms with Crippen molar-refractivity contribution in [2.75, 3.05) is 26.3 Å². The molecule has 1 N–H and O–H groups in total. The number of nitrogens with zero attached hydrogens (tertiary/aromatic N) is 2. The number of benzene rings is 1. The Kier molecular flexibility index (Phi) is 4.00. The third kappa shape index (κ3) is 2.62. The molecule has 2 atom stereocenters. The van der Waals surface area contributed by atoms with Crippen molar-refractivity contribution >= 4 is 17.6 Å². The Labute approximate surface area is 138 Å². The Morgan fingerprint density at radius 3 is 2.79 bits per heavy atom. The van der Waals surface area contributed by atoms with Gasteiger partial charge in [-0.25, -0.2) is 0 Å². The number of aryl methyl sites for hydroxylation is 1. The van der Waals surface area contributed by atoms with Crippen LogP contribution in [0.1, 0.15) is 22.3 Å². The van der Waals surface area contributed by atoms with Gasteiger partial charge in [0.2, 0.25) is 0 Å². The lowest BCUT2D eigenvalue weighted by molar-refractivity contribution is -0.384. The summed E-state index contributed by atoms with van der Waals surface area (Å²) < 4.78 is 5.37. The zero-order valence-electron chi connectivity index (χ0n) is 13.2. The molecule has 8 heteroatoms. The maximum absolute atomic E-state index is 12.8. The van der Waals surface area contributed by atoms with Crippen LogP contribution in [0.15, 0.2) is 18.2 Å². The molecular formula is C16H18N2O6. The van der Waals surface area contributed by atoms with E-state index in [0.717, 1.165) is 0 Å². The molecular weight excluding hydrogens is 316 g/mol. The van der Waals surface area contributed by atoms with Crippen molar-refractivity contribution in [3.63, 3.8) is 0 Å². The fourth-order valence-corrected chi connectivity index (χ4v) is 3.63. The molecule has 2 saturated heterocycles. The highest BCUT2D eigenvalue weighted by Gasteiger charge is 2.55. The van der Waals surface area contributed by atoms with E-state index in [1.54, 1.807) is 13.0 Å². The summed E-state index contributed by atoms with van der Waals surface area (Å²) in [5.41, 5.74) is -0.308. The standard InChI is InChI=1S/C16H18N2O6/c1-10-4-11(6-13(5-10)18(22)23)14(19)17-7-12-8-24-3-2-16(12,9-17)15(20)21/h4-6,12H,2-3,7-9H2,1H3,(H,20,21)/t12-,16+/m0/s1. The number of carboxylic acid groups (broad SMARTS) is 1. The summed E-state index contributed by atoms with van der Waals surface area (Å²) in [7, 11) is 0. The third-order valence-corrected chi connectivity index (χ3v) is 4.94. The van der Waals surface area contributed by atoms with Crippen LogP contribution in [0.3, 0.4) is 0 Å². The molecule has 128 valence electrons. The number of rotatable bonds is 3. The Balaban J connectivity index is 1.89. The number of carbonyl (C=O) groups is 2. The normalized spacial score (nSPS) is 26.0. The molecule has 0 aliphatic carbocycles. The van der Waals surface area contributed by atoms with Gasteiger partial charge >= 0.3 is 5.97 Å². The molecule has 0 spiro atoms. The van der Waals surface area contributed by atoms with Crippen molar-refractivity contribution in [3.05, 3.63) is 39.4 Å². The second-order valence-corrected chi connectivity index (χ2v) is 6.48. The van der Waals surface area contributed by atoms with Crippen LogP contribution in [0.2, 0.25) is 0 Å².